The van der Waals surface area contributed by atoms with Gasteiger partial charge in [-0.15, -0.1) is 0 Å². The van der Waals surface area contributed by atoms with Crippen LogP contribution in [0.25, 0.3) is 11.1 Å². The molecule has 0 aliphatic carbocycles. The maximum atomic E-state index is 13.6. The predicted octanol–water partition coefficient (Wildman–Crippen LogP) is 2.95. The highest BCUT2D eigenvalue weighted by atomic mass is 19.1. The molecule has 0 spiro atoms. The minimum absolute atomic E-state index is 0.0554. The number of rotatable bonds is 7. The van der Waals surface area contributed by atoms with Crippen molar-refractivity contribution in [1.29, 1.82) is 5.26 Å². The van der Waals surface area contributed by atoms with Gasteiger partial charge in [0, 0.05) is 32.5 Å². The molecule has 3 rings (SSSR count). The van der Waals surface area contributed by atoms with Crippen molar-refractivity contribution in [1.82, 2.24) is 10.6 Å². The zero-order valence-electron chi connectivity index (χ0n) is 21.1. The van der Waals surface area contributed by atoms with Crippen molar-refractivity contribution in [2.24, 2.45) is 5.73 Å². The van der Waals surface area contributed by atoms with Gasteiger partial charge >= 0.3 is 6.09 Å². The number of hydrogen-bond acceptors (Lipinski definition) is 6. The molecule has 1 aliphatic heterocycles. The third-order valence-corrected chi connectivity index (χ3v) is 5.98. The maximum Gasteiger partial charge on any atom is 0.408 e. The summed E-state index contributed by atoms with van der Waals surface area (Å²) < 4.78 is 24.3. The van der Waals surface area contributed by atoms with Gasteiger partial charge in [-0.05, 0) is 49.6 Å². The number of nitrogens with zero attached hydrogens (tertiary/aromatic N) is 1. The lowest BCUT2D eigenvalue weighted by molar-refractivity contribution is -0.135. The van der Waals surface area contributed by atoms with Crippen LogP contribution in [-0.4, -0.2) is 48.3 Å². The van der Waals surface area contributed by atoms with E-state index in [1.54, 1.807) is 51.1 Å². The fourth-order valence-electron chi connectivity index (χ4n) is 4.01. The van der Waals surface area contributed by atoms with Crippen molar-refractivity contribution in [3.63, 3.8) is 0 Å². The first kappa shape index (κ1) is 27.6. The number of nitriles is 1. The van der Waals surface area contributed by atoms with Crippen molar-refractivity contribution in [2.45, 2.75) is 57.2 Å². The van der Waals surface area contributed by atoms with Crippen LogP contribution >= 0.6 is 0 Å². The van der Waals surface area contributed by atoms with Crippen molar-refractivity contribution in [2.75, 3.05) is 13.2 Å². The summed E-state index contributed by atoms with van der Waals surface area (Å²) in [5.74, 6) is -1.86. The van der Waals surface area contributed by atoms with Gasteiger partial charge in [0.1, 0.15) is 29.1 Å². The number of primary amides is 1. The second-order valence-electron chi connectivity index (χ2n) is 9.96. The molecule has 9 nitrogen and oxygen atoms in total. The number of carbonyl (C=O) groups is 3. The Morgan fingerprint density at radius 3 is 2.32 bits per heavy atom. The molecule has 1 atom stereocenters. The van der Waals surface area contributed by atoms with E-state index >= 15 is 0 Å². The predicted molar refractivity (Wildman–Crippen MR) is 134 cm³/mol. The Bertz CT molecular complexity index is 1190. The summed E-state index contributed by atoms with van der Waals surface area (Å²) >= 11 is 0. The van der Waals surface area contributed by atoms with Crippen LogP contribution in [0.5, 0.6) is 0 Å². The van der Waals surface area contributed by atoms with Crippen LogP contribution in [0.4, 0.5) is 9.18 Å². The molecule has 1 aliphatic rings. The van der Waals surface area contributed by atoms with Crippen LogP contribution in [0.3, 0.4) is 0 Å². The smallest absolute Gasteiger partial charge is 0.408 e. The minimum Gasteiger partial charge on any atom is -0.444 e. The molecule has 0 saturated carbocycles. The Morgan fingerprint density at radius 1 is 1.14 bits per heavy atom. The fraction of sp³-hybridized carbons (Fsp3) is 0.407. The first-order valence-electron chi connectivity index (χ1n) is 11.9. The Labute approximate surface area is 215 Å². The van der Waals surface area contributed by atoms with Gasteiger partial charge in [-0.2, -0.15) is 5.26 Å². The number of nitrogens with one attached hydrogen (secondary N) is 2. The first-order valence-corrected chi connectivity index (χ1v) is 11.9. The van der Waals surface area contributed by atoms with Crippen LogP contribution in [-0.2, 0) is 25.5 Å². The van der Waals surface area contributed by atoms with E-state index in [1.807, 2.05) is 6.07 Å². The molecule has 196 valence electrons. The van der Waals surface area contributed by atoms with Crippen LogP contribution in [0.15, 0.2) is 42.5 Å². The molecule has 3 amide bonds. The lowest BCUT2D eigenvalue weighted by Gasteiger charge is -2.37. The first-order chi connectivity index (χ1) is 17.4. The molecule has 1 heterocycles. The number of halogens is 1. The number of nitrogens with two attached hydrogens (primary N) is 1. The molecule has 1 fully saturated rings. The second-order valence-corrected chi connectivity index (χ2v) is 9.96. The van der Waals surface area contributed by atoms with Gasteiger partial charge < -0.3 is 25.8 Å². The summed E-state index contributed by atoms with van der Waals surface area (Å²) in [5.41, 5.74) is 5.62. The quantitative estimate of drug-likeness (QED) is 0.523. The minimum atomic E-state index is -1.31. The van der Waals surface area contributed by atoms with Gasteiger partial charge in [-0.25, -0.2) is 9.18 Å². The van der Waals surface area contributed by atoms with Gasteiger partial charge in [-0.3, -0.25) is 9.59 Å². The Kier molecular flexibility index (Phi) is 8.50. The summed E-state index contributed by atoms with van der Waals surface area (Å²) in [7, 11) is 0. The second kappa shape index (κ2) is 11.4. The van der Waals surface area contributed by atoms with E-state index in [9.17, 15) is 18.8 Å². The monoisotopic (exact) mass is 510 g/mol. The highest BCUT2D eigenvalue weighted by Gasteiger charge is 2.43. The number of hydrogen-bond donors (Lipinski definition) is 3. The molecule has 0 aromatic heterocycles. The summed E-state index contributed by atoms with van der Waals surface area (Å²) in [6, 6.07) is 12.1. The van der Waals surface area contributed by atoms with Gasteiger partial charge in [0.15, 0.2) is 0 Å². The fourth-order valence-corrected chi connectivity index (χ4v) is 4.01. The molecule has 1 saturated heterocycles. The van der Waals surface area contributed by atoms with Crippen molar-refractivity contribution >= 4 is 17.9 Å². The van der Waals surface area contributed by atoms with Crippen molar-refractivity contribution < 1.29 is 28.2 Å². The molecular formula is C27H31FN4O5. The molecular weight excluding hydrogens is 479 g/mol. The number of carbonyl (C=O) groups excluding carboxylic acids is 3. The Hall–Kier alpha value is -3.97. The van der Waals surface area contributed by atoms with Gasteiger partial charge in [-0.1, -0.05) is 30.3 Å². The molecule has 2 aromatic carbocycles. The van der Waals surface area contributed by atoms with Crippen LogP contribution < -0.4 is 16.4 Å². The van der Waals surface area contributed by atoms with Crippen LogP contribution in [0.1, 0.15) is 44.7 Å². The zero-order valence-corrected chi connectivity index (χ0v) is 21.1. The van der Waals surface area contributed by atoms with Crippen molar-refractivity contribution in [3.8, 4) is 17.2 Å². The van der Waals surface area contributed by atoms with E-state index in [0.717, 1.165) is 11.1 Å². The number of ether oxygens (including phenoxy) is 2. The van der Waals surface area contributed by atoms with E-state index in [4.69, 9.17) is 20.5 Å². The number of benzene rings is 2. The third-order valence-electron chi connectivity index (χ3n) is 5.98. The standard InChI is InChI=1S/C27H31FN4O5/c1-26(2,3)37-25(35)32-27(10-12-36-13-11-27)24(34)31-22(23(30)33)14-17-4-6-18(7-5-17)19-8-9-21(28)20(15-19)16-29/h4-9,15,22H,10-14H2,1-3H3,(H2,30,33)(H,31,34)(H,32,35)/t22-/m0/s1. The number of alkyl carbamates (subject to hydrolysis) is 1. The van der Waals surface area contributed by atoms with Crippen LogP contribution in [0, 0.1) is 17.1 Å². The molecule has 4 N–H and O–H groups in total. The lowest BCUT2D eigenvalue weighted by atomic mass is 9.88. The van der Waals surface area contributed by atoms with Crippen LogP contribution in [0.2, 0.25) is 0 Å². The van der Waals surface area contributed by atoms with Gasteiger partial charge in [0.05, 0.1) is 5.56 Å². The Morgan fingerprint density at radius 2 is 1.76 bits per heavy atom. The topological polar surface area (TPSA) is 144 Å². The largest absolute Gasteiger partial charge is 0.444 e. The average Bonchev–Trinajstić information content (AvgIpc) is 2.83. The molecule has 10 heteroatoms. The lowest BCUT2D eigenvalue weighted by Crippen LogP contribution is -2.64. The molecule has 0 bridgehead atoms. The van der Waals surface area contributed by atoms with E-state index in [1.165, 1.54) is 12.1 Å². The van der Waals surface area contributed by atoms with E-state index in [0.29, 0.717) is 5.56 Å². The van der Waals surface area contributed by atoms with Gasteiger partial charge in [0.2, 0.25) is 11.8 Å². The van der Waals surface area contributed by atoms with Crippen molar-refractivity contribution in [3.05, 3.63) is 59.4 Å². The summed E-state index contributed by atoms with van der Waals surface area (Å²) in [6.45, 7) is 5.66. The van der Waals surface area contributed by atoms with E-state index in [2.05, 4.69) is 10.6 Å². The SMILES string of the molecule is CC(C)(C)OC(=O)NC1(C(=O)N[C@@H](Cc2ccc(-c3ccc(F)c(C#N)c3)cc2)C(N)=O)CCOCC1. The highest BCUT2D eigenvalue weighted by Crippen LogP contribution is 2.24. The maximum absolute atomic E-state index is 13.6. The average molecular weight is 511 g/mol. The Balaban J connectivity index is 1.74. The summed E-state index contributed by atoms with van der Waals surface area (Å²) in [6.07, 6.45) is -0.204. The molecule has 2 aromatic rings. The summed E-state index contributed by atoms with van der Waals surface area (Å²) in [4.78, 5) is 38.1. The molecule has 37 heavy (non-hydrogen) atoms. The normalized spacial score (nSPS) is 15.6. The third kappa shape index (κ3) is 7.27. The zero-order chi connectivity index (χ0) is 27.2. The van der Waals surface area contributed by atoms with Gasteiger partial charge in [0.25, 0.3) is 0 Å². The number of amides is 3. The van der Waals surface area contributed by atoms with E-state index in [-0.39, 0.29) is 38.0 Å². The highest BCUT2D eigenvalue weighted by molar-refractivity contribution is 5.94. The molecule has 0 radical (unpaired) electrons. The molecule has 0 unspecified atom stereocenters. The summed E-state index contributed by atoms with van der Waals surface area (Å²) in [5, 5.41) is 14.4. The van der Waals surface area contributed by atoms with E-state index < -0.39 is 40.9 Å².